The standard InChI is InChI=1S/C13H27.CH2O3.Li/c1-3-5-7-9-11-13-12-10-8-6-4-2;2-1(3)4;/h1,3-13H2,2H3;(H2,2,3,4);. The summed E-state index contributed by atoms with van der Waals surface area (Å²) < 4.78 is 0. The molecule has 0 aliphatic carbocycles. The molecular formula is C14H29LiO3. The molecule has 0 aliphatic heterocycles. The minimum Gasteiger partial charge on any atom is -0.0654 e. The second-order valence-corrected chi connectivity index (χ2v) is 4.82. The van der Waals surface area contributed by atoms with Gasteiger partial charge in [0.2, 0.25) is 0 Å². The molecule has 18 heavy (non-hydrogen) atoms. The van der Waals surface area contributed by atoms with Gasteiger partial charge in [-0.2, -0.15) is 0 Å². The van der Waals surface area contributed by atoms with Gasteiger partial charge in [0.25, 0.3) is 0 Å². The summed E-state index contributed by atoms with van der Waals surface area (Å²) in [7, 11) is 0. The van der Waals surface area contributed by atoms with Crippen LogP contribution in [0.25, 0.3) is 0 Å². The number of hydrogen-bond acceptors (Lipinski definition) is 1. The molecule has 0 spiro atoms. The number of hydrogen-bond donors (Lipinski definition) is 2. The predicted molar refractivity (Wildman–Crippen MR) is 77.7 cm³/mol. The third kappa shape index (κ3) is 29.7. The number of unbranched alkanes of at least 4 members (excludes halogenated alkanes) is 10. The molecule has 0 saturated heterocycles. The Balaban J connectivity index is 0. The molecule has 4 heteroatoms. The molecule has 0 aromatic carbocycles. The van der Waals surface area contributed by atoms with E-state index in [0.717, 1.165) is 0 Å². The molecular weight excluding hydrogens is 223 g/mol. The molecule has 0 heterocycles. The molecule has 104 valence electrons. The Morgan fingerprint density at radius 1 is 0.778 bits per heavy atom. The minimum absolute atomic E-state index is 1.37. The van der Waals surface area contributed by atoms with Gasteiger partial charge in [-0.1, -0.05) is 6.92 Å². The van der Waals surface area contributed by atoms with Gasteiger partial charge in [-0.05, 0) is 0 Å². The Morgan fingerprint density at radius 3 is 1.33 bits per heavy atom. The third-order valence-electron chi connectivity index (χ3n) is 2.96. The van der Waals surface area contributed by atoms with E-state index in [1.165, 1.54) is 75.7 Å². The van der Waals surface area contributed by atoms with Gasteiger partial charge in [0.15, 0.2) is 0 Å². The first-order valence-electron chi connectivity index (χ1n) is 7.57. The molecule has 2 N–H and O–H groups in total. The molecule has 0 radical (unpaired) electrons. The van der Waals surface area contributed by atoms with Crippen LogP contribution in [-0.2, 0) is 0 Å². The van der Waals surface area contributed by atoms with Crippen LogP contribution in [0.3, 0.4) is 0 Å². The Bertz CT molecular complexity index is 147. The summed E-state index contributed by atoms with van der Waals surface area (Å²) in [4.78, 5) is 8.56. The quantitative estimate of drug-likeness (QED) is 0.397. The van der Waals surface area contributed by atoms with Crippen molar-refractivity contribution in [2.75, 3.05) is 0 Å². The molecule has 0 amide bonds. The van der Waals surface area contributed by atoms with Gasteiger partial charge in [-0.25, -0.2) is 4.79 Å². The maximum atomic E-state index is 8.56. The topological polar surface area (TPSA) is 57.5 Å². The summed E-state index contributed by atoms with van der Waals surface area (Å²) in [5, 5.41) is 15.3. The fraction of sp³-hybridized carbons (Fsp3) is 0.929. The third-order valence-corrected chi connectivity index (χ3v) is 2.96. The van der Waals surface area contributed by atoms with Crippen LogP contribution in [0.4, 0.5) is 4.79 Å². The van der Waals surface area contributed by atoms with Gasteiger partial charge in [0, 0.05) is 0 Å². The smallest absolute Gasteiger partial charge is 0.0654 e. The van der Waals surface area contributed by atoms with Crippen molar-refractivity contribution in [2.24, 2.45) is 0 Å². The normalized spacial score (nSPS) is 9.72. The number of rotatable bonds is 11. The summed E-state index contributed by atoms with van der Waals surface area (Å²) in [6.45, 7) is 2.29. The van der Waals surface area contributed by atoms with Crippen molar-refractivity contribution in [1.82, 2.24) is 0 Å². The fourth-order valence-corrected chi connectivity index (χ4v) is 1.91. The molecule has 0 atom stereocenters. The molecule has 0 aromatic rings. The molecule has 3 nitrogen and oxygen atoms in total. The average Bonchev–Trinajstić information content (AvgIpc) is 2.31. The summed E-state index contributed by atoms with van der Waals surface area (Å²) in [5.74, 6) is 0. The summed E-state index contributed by atoms with van der Waals surface area (Å²) in [6.07, 6.45) is 14.2. The van der Waals surface area contributed by atoms with Crippen LogP contribution in [0.1, 0.15) is 77.6 Å². The number of carbonyl (C=O) groups is 1. The van der Waals surface area contributed by atoms with Crippen molar-refractivity contribution in [3.05, 3.63) is 0 Å². The SMILES string of the molecule is O=C(O)O.[Li][CH2]CCCCCCCCCCCC. The van der Waals surface area contributed by atoms with E-state index in [0.29, 0.717) is 0 Å². The predicted octanol–water partition coefficient (Wildman–Crippen LogP) is 5.11. The maximum absolute atomic E-state index is 8.56. The average molecular weight is 252 g/mol. The first kappa shape index (κ1) is 20.2. The Labute approximate surface area is 122 Å². The van der Waals surface area contributed by atoms with Crippen LogP contribution in [0.15, 0.2) is 0 Å². The van der Waals surface area contributed by atoms with Crippen molar-refractivity contribution < 1.29 is 15.0 Å². The van der Waals surface area contributed by atoms with Crippen molar-refractivity contribution in [1.29, 1.82) is 0 Å². The molecule has 0 bridgehead atoms. The van der Waals surface area contributed by atoms with Gasteiger partial charge in [-0.15, -0.1) is 0 Å². The Hall–Kier alpha value is -0.133. The minimum atomic E-state index is -1.83. The zero-order valence-electron chi connectivity index (χ0n) is 12.3. The zero-order valence-corrected chi connectivity index (χ0v) is 12.3. The fourth-order valence-electron chi connectivity index (χ4n) is 1.91. The second kappa shape index (κ2) is 19.2. The van der Waals surface area contributed by atoms with Crippen molar-refractivity contribution in [3.63, 3.8) is 0 Å². The molecule has 0 unspecified atom stereocenters. The van der Waals surface area contributed by atoms with Gasteiger partial charge < -0.3 is 10.2 Å². The summed E-state index contributed by atoms with van der Waals surface area (Å²) in [5.41, 5.74) is 0. The molecule has 0 aliphatic rings. The van der Waals surface area contributed by atoms with Crippen LogP contribution >= 0.6 is 0 Å². The van der Waals surface area contributed by atoms with Crippen LogP contribution in [0.5, 0.6) is 0 Å². The Kier molecular flexibility index (Phi) is 21.6. The second-order valence-electron chi connectivity index (χ2n) is 4.82. The zero-order chi connectivity index (χ0) is 14.1. The Morgan fingerprint density at radius 2 is 1.06 bits per heavy atom. The first-order chi connectivity index (χ1) is 8.65. The molecule has 0 rings (SSSR count). The van der Waals surface area contributed by atoms with E-state index < -0.39 is 6.16 Å². The molecule has 0 aromatic heterocycles. The van der Waals surface area contributed by atoms with Crippen molar-refractivity contribution in [3.8, 4) is 0 Å². The van der Waals surface area contributed by atoms with Crippen LogP contribution in [0, 0.1) is 0 Å². The van der Waals surface area contributed by atoms with Gasteiger partial charge in [0.1, 0.15) is 0 Å². The van der Waals surface area contributed by atoms with Crippen LogP contribution in [0.2, 0.25) is 5.09 Å². The van der Waals surface area contributed by atoms with Gasteiger partial charge >= 0.3 is 99.6 Å². The van der Waals surface area contributed by atoms with Crippen LogP contribution in [-0.4, -0.2) is 34.1 Å². The first-order valence-corrected chi connectivity index (χ1v) is 7.57. The van der Waals surface area contributed by atoms with Gasteiger partial charge in [0.05, 0.1) is 0 Å². The summed E-state index contributed by atoms with van der Waals surface area (Å²) >= 11 is 2.29. The van der Waals surface area contributed by atoms with E-state index in [1.807, 2.05) is 0 Å². The van der Waals surface area contributed by atoms with Crippen molar-refractivity contribution in [2.45, 2.75) is 82.6 Å². The monoisotopic (exact) mass is 252 g/mol. The number of carboxylic acid groups (broad SMARTS) is 2. The molecule has 0 fully saturated rings. The van der Waals surface area contributed by atoms with Gasteiger partial charge in [-0.3, -0.25) is 0 Å². The van der Waals surface area contributed by atoms with E-state index in [9.17, 15) is 0 Å². The molecule has 0 saturated carbocycles. The van der Waals surface area contributed by atoms with E-state index in [2.05, 4.69) is 24.6 Å². The van der Waals surface area contributed by atoms with Crippen LogP contribution < -0.4 is 0 Å². The van der Waals surface area contributed by atoms with E-state index >= 15 is 0 Å². The van der Waals surface area contributed by atoms with E-state index in [1.54, 1.807) is 0 Å². The summed E-state index contributed by atoms with van der Waals surface area (Å²) in [6, 6.07) is 0. The van der Waals surface area contributed by atoms with E-state index in [-0.39, 0.29) is 0 Å². The van der Waals surface area contributed by atoms with E-state index in [4.69, 9.17) is 15.0 Å². The van der Waals surface area contributed by atoms with Crippen molar-refractivity contribution >= 4 is 23.9 Å².